The van der Waals surface area contributed by atoms with Crippen LogP contribution in [0, 0.1) is 0 Å². The number of aromatic hydroxyl groups is 1. The zero-order valence-corrected chi connectivity index (χ0v) is 12.4. The van der Waals surface area contributed by atoms with Crippen LogP contribution in [0.2, 0.25) is 10.0 Å². The standard InChI is InChI=1S/C13H17Cl2N3O2/c14-10-5-9(6-11(15)13(10)20)17-12(19)7-18-3-1-8(16)2-4-18/h5-6,8,20H,1-4,7,16H2,(H,17,19). The van der Waals surface area contributed by atoms with Crippen molar-refractivity contribution in [2.45, 2.75) is 18.9 Å². The number of benzene rings is 1. The summed E-state index contributed by atoms with van der Waals surface area (Å²) in [6, 6.07) is 3.17. The molecule has 0 aromatic heterocycles. The second-order valence-electron chi connectivity index (χ2n) is 4.95. The van der Waals surface area contributed by atoms with Gasteiger partial charge >= 0.3 is 0 Å². The van der Waals surface area contributed by atoms with Gasteiger partial charge in [-0.05, 0) is 25.0 Å². The third-order valence-electron chi connectivity index (χ3n) is 3.30. The zero-order valence-electron chi connectivity index (χ0n) is 10.9. The molecule has 5 nitrogen and oxygen atoms in total. The van der Waals surface area contributed by atoms with Crippen molar-refractivity contribution in [1.82, 2.24) is 4.90 Å². The molecule has 1 heterocycles. The van der Waals surface area contributed by atoms with Crippen LogP contribution in [0.3, 0.4) is 0 Å². The summed E-state index contributed by atoms with van der Waals surface area (Å²) >= 11 is 11.6. The minimum absolute atomic E-state index is 0.108. The van der Waals surface area contributed by atoms with Gasteiger partial charge in [0.25, 0.3) is 0 Å². The third kappa shape index (κ3) is 3.99. The van der Waals surface area contributed by atoms with Crippen LogP contribution >= 0.6 is 23.2 Å². The summed E-state index contributed by atoms with van der Waals surface area (Å²) in [5, 5.41) is 12.4. The van der Waals surface area contributed by atoms with E-state index >= 15 is 0 Å². The second kappa shape index (κ2) is 6.63. The van der Waals surface area contributed by atoms with E-state index in [4.69, 9.17) is 28.9 Å². The van der Waals surface area contributed by atoms with Crippen LogP contribution in [0.4, 0.5) is 5.69 Å². The lowest BCUT2D eigenvalue weighted by Gasteiger charge is -2.29. The maximum absolute atomic E-state index is 11.9. The Morgan fingerprint density at radius 1 is 1.35 bits per heavy atom. The number of halogens is 2. The Morgan fingerprint density at radius 3 is 2.45 bits per heavy atom. The van der Waals surface area contributed by atoms with E-state index in [1.165, 1.54) is 12.1 Å². The van der Waals surface area contributed by atoms with E-state index in [0.29, 0.717) is 12.2 Å². The average molecular weight is 318 g/mol. The monoisotopic (exact) mass is 317 g/mol. The maximum Gasteiger partial charge on any atom is 0.238 e. The number of anilines is 1. The minimum Gasteiger partial charge on any atom is -0.505 e. The van der Waals surface area contributed by atoms with Gasteiger partial charge in [-0.3, -0.25) is 9.69 Å². The van der Waals surface area contributed by atoms with Crippen molar-refractivity contribution in [3.63, 3.8) is 0 Å². The Bertz CT molecular complexity index is 479. The summed E-state index contributed by atoms with van der Waals surface area (Å²) in [4.78, 5) is 14.0. The lowest BCUT2D eigenvalue weighted by molar-refractivity contribution is -0.117. The minimum atomic E-state index is -0.184. The van der Waals surface area contributed by atoms with Gasteiger partial charge in [-0.25, -0.2) is 0 Å². The molecule has 110 valence electrons. The maximum atomic E-state index is 11.9. The van der Waals surface area contributed by atoms with Gasteiger partial charge < -0.3 is 16.2 Å². The van der Waals surface area contributed by atoms with Crippen molar-refractivity contribution in [2.24, 2.45) is 5.73 Å². The lowest BCUT2D eigenvalue weighted by Crippen LogP contribution is -2.43. The van der Waals surface area contributed by atoms with Gasteiger partial charge in [0.15, 0.2) is 5.75 Å². The highest BCUT2D eigenvalue weighted by Gasteiger charge is 2.18. The van der Waals surface area contributed by atoms with E-state index in [0.717, 1.165) is 25.9 Å². The largest absolute Gasteiger partial charge is 0.505 e. The van der Waals surface area contributed by atoms with Crippen molar-refractivity contribution in [2.75, 3.05) is 25.0 Å². The van der Waals surface area contributed by atoms with Gasteiger partial charge in [0.1, 0.15) is 0 Å². The predicted molar refractivity (Wildman–Crippen MR) is 80.4 cm³/mol. The molecule has 1 aliphatic rings. The number of likely N-dealkylation sites (tertiary alicyclic amines) is 1. The zero-order chi connectivity index (χ0) is 14.7. The summed E-state index contributed by atoms with van der Waals surface area (Å²) in [6.07, 6.45) is 1.81. The second-order valence-corrected chi connectivity index (χ2v) is 5.76. The molecule has 0 radical (unpaired) electrons. The van der Waals surface area contributed by atoms with Gasteiger partial charge in [-0.1, -0.05) is 23.2 Å². The average Bonchev–Trinajstić information content (AvgIpc) is 2.38. The first-order valence-electron chi connectivity index (χ1n) is 6.41. The Hall–Kier alpha value is -1.01. The van der Waals surface area contributed by atoms with Crippen molar-refractivity contribution in [1.29, 1.82) is 0 Å². The molecule has 1 saturated heterocycles. The number of rotatable bonds is 3. The quantitative estimate of drug-likeness (QED) is 0.746. The summed E-state index contributed by atoms with van der Waals surface area (Å²) in [5.74, 6) is -0.324. The summed E-state index contributed by atoms with van der Waals surface area (Å²) in [7, 11) is 0. The Labute approximate surface area is 127 Å². The van der Waals surface area contributed by atoms with Crippen molar-refractivity contribution >= 4 is 34.8 Å². The van der Waals surface area contributed by atoms with Gasteiger partial charge in [0.05, 0.1) is 16.6 Å². The van der Waals surface area contributed by atoms with E-state index in [1.807, 2.05) is 0 Å². The molecule has 4 N–H and O–H groups in total. The molecule has 0 aliphatic carbocycles. The molecule has 0 bridgehead atoms. The Kier molecular flexibility index (Phi) is 5.10. The molecule has 0 saturated carbocycles. The van der Waals surface area contributed by atoms with E-state index in [9.17, 15) is 9.90 Å². The molecule has 0 atom stereocenters. The van der Waals surface area contributed by atoms with Crippen LogP contribution in [0.15, 0.2) is 12.1 Å². The normalized spacial score (nSPS) is 17.1. The molecule has 0 unspecified atom stereocenters. The van der Waals surface area contributed by atoms with E-state index < -0.39 is 0 Å². The predicted octanol–water partition coefficient (Wildman–Crippen LogP) is 2.06. The molecule has 1 fully saturated rings. The van der Waals surface area contributed by atoms with Crippen LogP contribution in [0.1, 0.15) is 12.8 Å². The highest BCUT2D eigenvalue weighted by molar-refractivity contribution is 6.37. The fraction of sp³-hybridized carbons (Fsp3) is 0.462. The topological polar surface area (TPSA) is 78.6 Å². The third-order valence-corrected chi connectivity index (χ3v) is 3.88. The number of nitrogens with two attached hydrogens (primary N) is 1. The number of amides is 1. The highest BCUT2D eigenvalue weighted by atomic mass is 35.5. The van der Waals surface area contributed by atoms with Crippen LogP contribution in [-0.2, 0) is 4.79 Å². The SMILES string of the molecule is NC1CCN(CC(=O)Nc2cc(Cl)c(O)c(Cl)c2)CC1. The van der Waals surface area contributed by atoms with Gasteiger partial charge in [-0.15, -0.1) is 0 Å². The smallest absolute Gasteiger partial charge is 0.238 e. The van der Waals surface area contributed by atoms with Gasteiger partial charge in [0.2, 0.25) is 5.91 Å². The van der Waals surface area contributed by atoms with Crippen LogP contribution < -0.4 is 11.1 Å². The number of phenolic OH excluding ortho intramolecular Hbond substituents is 1. The summed E-state index contributed by atoms with van der Waals surface area (Å²) in [5.41, 5.74) is 6.29. The number of piperidine rings is 1. The molecule has 7 heteroatoms. The van der Waals surface area contributed by atoms with Crippen molar-refractivity contribution in [3.05, 3.63) is 22.2 Å². The number of nitrogens with one attached hydrogen (secondary N) is 1. The number of hydrogen-bond acceptors (Lipinski definition) is 4. The summed E-state index contributed by atoms with van der Waals surface area (Å²) < 4.78 is 0. The number of nitrogens with zero attached hydrogens (tertiary/aromatic N) is 1. The summed E-state index contributed by atoms with van der Waals surface area (Å²) in [6.45, 7) is 1.96. The molecular formula is C13H17Cl2N3O2. The van der Waals surface area contributed by atoms with E-state index in [1.54, 1.807) is 0 Å². The molecule has 1 aliphatic heterocycles. The fourth-order valence-corrected chi connectivity index (χ4v) is 2.64. The first-order chi connectivity index (χ1) is 9.45. The Balaban J connectivity index is 1.91. The molecule has 2 rings (SSSR count). The molecule has 0 spiro atoms. The van der Waals surface area contributed by atoms with Crippen LogP contribution in [0.25, 0.3) is 0 Å². The van der Waals surface area contributed by atoms with E-state index in [2.05, 4.69) is 10.2 Å². The van der Waals surface area contributed by atoms with E-state index in [-0.39, 0.29) is 27.7 Å². The number of carbonyl (C=O) groups is 1. The van der Waals surface area contributed by atoms with Crippen molar-refractivity contribution < 1.29 is 9.90 Å². The van der Waals surface area contributed by atoms with Crippen LogP contribution in [-0.4, -0.2) is 41.6 Å². The fourth-order valence-electron chi connectivity index (χ4n) is 2.15. The number of phenols is 1. The lowest BCUT2D eigenvalue weighted by atomic mass is 10.1. The number of hydrogen-bond donors (Lipinski definition) is 3. The number of carbonyl (C=O) groups excluding carboxylic acids is 1. The van der Waals surface area contributed by atoms with Gasteiger partial charge in [0, 0.05) is 24.8 Å². The highest BCUT2D eigenvalue weighted by Crippen LogP contribution is 2.34. The Morgan fingerprint density at radius 2 is 1.90 bits per heavy atom. The van der Waals surface area contributed by atoms with Crippen molar-refractivity contribution in [3.8, 4) is 5.75 Å². The molecule has 1 aromatic carbocycles. The first kappa shape index (κ1) is 15.4. The van der Waals surface area contributed by atoms with Gasteiger partial charge in [-0.2, -0.15) is 0 Å². The molecular weight excluding hydrogens is 301 g/mol. The first-order valence-corrected chi connectivity index (χ1v) is 7.17. The molecule has 1 aromatic rings. The molecule has 1 amide bonds. The van der Waals surface area contributed by atoms with Crippen LogP contribution in [0.5, 0.6) is 5.75 Å². The molecule has 20 heavy (non-hydrogen) atoms.